The van der Waals surface area contributed by atoms with Crippen LogP contribution in [0.2, 0.25) is 0 Å². The lowest BCUT2D eigenvalue weighted by molar-refractivity contribution is 0.804. The van der Waals surface area contributed by atoms with Crippen LogP contribution < -0.4 is 10.6 Å². The van der Waals surface area contributed by atoms with Gasteiger partial charge in [0.2, 0.25) is 0 Å². The van der Waals surface area contributed by atoms with Crippen LogP contribution >= 0.6 is 0 Å². The molecule has 11 heavy (non-hydrogen) atoms. The molecule has 0 bridgehead atoms. The van der Waals surface area contributed by atoms with Crippen LogP contribution in [0.5, 0.6) is 0 Å². The van der Waals surface area contributed by atoms with Crippen molar-refractivity contribution in [2.45, 2.75) is 13.0 Å². The summed E-state index contributed by atoms with van der Waals surface area (Å²) in [5.41, 5.74) is 0.991. The van der Waals surface area contributed by atoms with Crippen molar-refractivity contribution in [2.24, 2.45) is 0 Å². The Labute approximate surface area is 65.1 Å². The van der Waals surface area contributed by atoms with Crippen molar-refractivity contribution in [2.75, 3.05) is 17.2 Å². The lowest BCUT2D eigenvalue weighted by Crippen LogP contribution is -2.30. The summed E-state index contributed by atoms with van der Waals surface area (Å²) < 4.78 is 0. The third-order valence-corrected chi connectivity index (χ3v) is 1.69. The molecule has 0 amide bonds. The predicted molar refractivity (Wildman–Crippen MR) is 43.6 cm³/mol. The smallest absolute Gasteiger partial charge is 0.153 e. The van der Waals surface area contributed by atoms with E-state index in [1.165, 1.54) is 0 Å². The summed E-state index contributed by atoms with van der Waals surface area (Å²) in [6.07, 6.45) is 3.33. The van der Waals surface area contributed by atoms with Gasteiger partial charge in [0.15, 0.2) is 5.82 Å². The van der Waals surface area contributed by atoms with E-state index in [0.29, 0.717) is 6.04 Å². The van der Waals surface area contributed by atoms with Crippen LogP contribution in [0.25, 0.3) is 0 Å². The van der Waals surface area contributed by atoms with Crippen LogP contribution in [0.15, 0.2) is 12.5 Å². The molecule has 0 unspecified atom stereocenters. The molecular weight excluding hydrogens is 140 g/mol. The molecule has 0 spiro atoms. The first-order chi connectivity index (χ1) is 5.36. The summed E-state index contributed by atoms with van der Waals surface area (Å²) in [5.74, 6) is 0.902. The molecule has 2 N–H and O–H groups in total. The van der Waals surface area contributed by atoms with Crippen molar-refractivity contribution in [1.29, 1.82) is 0 Å². The molecule has 2 heterocycles. The molecule has 2 rings (SSSR count). The standard InChI is InChI=1S/C7H10N4/c1-5-2-9-6-3-8-4-10-7(6)11-5/h3-5,9H,2H2,1H3,(H,8,10,11)/t5-/m1/s1. The molecule has 4 nitrogen and oxygen atoms in total. The first kappa shape index (κ1) is 6.39. The highest BCUT2D eigenvalue weighted by atomic mass is 15.1. The molecule has 4 heteroatoms. The largest absolute Gasteiger partial charge is 0.379 e. The second-order valence-electron chi connectivity index (χ2n) is 2.71. The quantitative estimate of drug-likeness (QED) is 0.571. The maximum Gasteiger partial charge on any atom is 0.153 e. The fourth-order valence-corrected chi connectivity index (χ4v) is 1.12. The third-order valence-electron chi connectivity index (χ3n) is 1.69. The van der Waals surface area contributed by atoms with Crippen LogP contribution in [0.4, 0.5) is 11.5 Å². The van der Waals surface area contributed by atoms with Crippen molar-refractivity contribution in [3.8, 4) is 0 Å². The number of anilines is 2. The van der Waals surface area contributed by atoms with E-state index in [4.69, 9.17) is 0 Å². The van der Waals surface area contributed by atoms with Gasteiger partial charge < -0.3 is 10.6 Å². The molecule has 0 fully saturated rings. The molecule has 1 aliphatic rings. The van der Waals surface area contributed by atoms with Gasteiger partial charge in [0.1, 0.15) is 6.33 Å². The van der Waals surface area contributed by atoms with E-state index in [9.17, 15) is 0 Å². The van der Waals surface area contributed by atoms with E-state index in [2.05, 4.69) is 27.5 Å². The lowest BCUT2D eigenvalue weighted by Gasteiger charge is -2.23. The average Bonchev–Trinajstić information content (AvgIpc) is 2.04. The SMILES string of the molecule is C[C@@H]1CNc2cncnc2N1. The monoisotopic (exact) mass is 150 g/mol. The van der Waals surface area contributed by atoms with Gasteiger partial charge in [0.25, 0.3) is 0 Å². The molecule has 1 atom stereocenters. The molecular formula is C7H10N4. The minimum Gasteiger partial charge on any atom is -0.379 e. The molecule has 0 radical (unpaired) electrons. The minimum absolute atomic E-state index is 0.442. The van der Waals surface area contributed by atoms with Crippen molar-refractivity contribution >= 4 is 11.5 Å². The minimum atomic E-state index is 0.442. The van der Waals surface area contributed by atoms with Crippen LogP contribution in [0.1, 0.15) is 6.92 Å². The Morgan fingerprint density at radius 3 is 3.45 bits per heavy atom. The van der Waals surface area contributed by atoms with Crippen molar-refractivity contribution < 1.29 is 0 Å². The first-order valence-electron chi connectivity index (χ1n) is 3.66. The first-order valence-corrected chi connectivity index (χ1v) is 3.66. The summed E-state index contributed by atoms with van der Waals surface area (Å²) in [5, 5.41) is 6.47. The molecule has 0 saturated heterocycles. The number of hydrogen-bond acceptors (Lipinski definition) is 4. The third kappa shape index (κ3) is 1.11. The highest BCUT2D eigenvalue weighted by molar-refractivity contribution is 5.65. The number of aromatic nitrogens is 2. The van der Waals surface area contributed by atoms with Gasteiger partial charge in [-0.05, 0) is 6.92 Å². The fraction of sp³-hybridized carbons (Fsp3) is 0.429. The van der Waals surface area contributed by atoms with Crippen molar-refractivity contribution in [1.82, 2.24) is 9.97 Å². The summed E-state index contributed by atoms with van der Waals surface area (Å²) in [6.45, 7) is 3.04. The van der Waals surface area contributed by atoms with Crippen LogP contribution in [0, 0.1) is 0 Å². The van der Waals surface area contributed by atoms with Gasteiger partial charge >= 0.3 is 0 Å². The van der Waals surface area contributed by atoms with E-state index in [1.54, 1.807) is 12.5 Å². The maximum absolute atomic E-state index is 4.08. The Morgan fingerprint density at radius 1 is 1.64 bits per heavy atom. The molecule has 1 aromatic heterocycles. The van der Waals surface area contributed by atoms with Gasteiger partial charge in [0.05, 0.1) is 11.9 Å². The molecule has 1 aliphatic heterocycles. The van der Waals surface area contributed by atoms with Gasteiger partial charge in [-0.15, -0.1) is 0 Å². The van der Waals surface area contributed by atoms with Gasteiger partial charge in [-0.2, -0.15) is 0 Å². The molecule has 58 valence electrons. The van der Waals surface area contributed by atoms with E-state index in [1.807, 2.05) is 0 Å². The van der Waals surface area contributed by atoms with Gasteiger partial charge in [-0.25, -0.2) is 9.97 Å². The summed E-state index contributed by atoms with van der Waals surface area (Å²) >= 11 is 0. The zero-order valence-electron chi connectivity index (χ0n) is 6.33. The predicted octanol–water partition coefficient (Wildman–Crippen LogP) is 0.702. The lowest BCUT2D eigenvalue weighted by atomic mass is 10.2. The maximum atomic E-state index is 4.08. The summed E-state index contributed by atoms with van der Waals surface area (Å²) in [6, 6.07) is 0.442. The average molecular weight is 150 g/mol. The van der Waals surface area contributed by atoms with E-state index in [0.717, 1.165) is 18.1 Å². The molecule has 0 aliphatic carbocycles. The van der Waals surface area contributed by atoms with Crippen LogP contribution in [-0.4, -0.2) is 22.6 Å². The Morgan fingerprint density at radius 2 is 2.55 bits per heavy atom. The van der Waals surface area contributed by atoms with E-state index in [-0.39, 0.29) is 0 Å². The Bertz CT molecular complexity index is 260. The van der Waals surface area contributed by atoms with Gasteiger partial charge in [-0.3, -0.25) is 0 Å². The Balaban J connectivity index is 2.34. The van der Waals surface area contributed by atoms with Crippen molar-refractivity contribution in [3.63, 3.8) is 0 Å². The Hall–Kier alpha value is -1.32. The van der Waals surface area contributed by atoms with Crippen LogP contribution in [0.3, 0.4) is 0 Å². The zero-order chi connectivity index (χ0) is 7.68. The van der Waals surface area contributed by atoms with Gasteiger partial charge in [0, 0.05) is 12.6 Å². The number of rotatable bonds is 0. The fourth-order valence-electron chi connectivity index (χ4n) is 1.12. The topological polar surface area (TPSA) is 49.8 Å². The van der Waals surface area contributed by atoms with E-state index < -0.39 is 0 Å². The highest BCUT2D eigenvalue weighted by Gasteiger charge is 2.12. The Kier molecular flexibility index (Phi) is 1.38. The number of hydrogen-bond donors (Lipinski definition) is 2. The number of nitrogens with zero attached hydrogens (tertiary/aromatic N) is 2. The summed E-state index contributed by atoms with van der Waals surface area (Å²) in [7, 11) is 0. The zero-order valence-corrected chi connectivity index (χ0v) is 6.33. The number of nitrogens with one attached hydrogen (secondary N) is 2. The second kappa shape index (κ2) is 2.38. The van der Waals surface area contributed by atoms with Gasteiger partial charge in [-0.1, -0.05) is 0 Å². The number of fused-ring (bicyclic) bond motifs is 1. The van der Waals surface area contributed by atoms with Crippen molar-refractivity contribution in [3.05, 3.63) is 12.5 Å². The normalized spacial score (nSPS) is 21.4. The van der Waals surface area contributed by atoms with E-state index >= 15 is 0 Å². The molecule has 0 saturated carbocycles. The molecule has 0 aromatic carbocycles. The summed E-state index contributed by atoms with van der Waals surface area (Å²) in [4.78, 5) is 7.99. The second-order valence-corrected chi connectivity index (χ2v) is 2.71. The molecule has 1 aromatic rings. The highest BCUT2D eigenvalue weighted by Crippen LogP contribution is 2.20. The van der Waals surface area contributed by atoms with Crippen LogP contribution in [-0.2, 0) is 0 Å².